The molecule has 1 aliphatic heterocycles. The van der Waals surface area contributed by atoms with Crippen molar-refractivity contribution in [3.8, 4) is 11.5 Å². The monoisotopic (exact) mass is 431 g/mol. The van der Waals surface area contributed by atoms with Gasteiger partial charge in [-0.2, -0.15) is 0 Å². The molecular weight excluding hydrogens is 410 g/mol. The number of carbonyl (C=O) groups is 2. The van der Waals surface area contributed by atoms with Gasteiger partial charge in [0.2, 0.25) is 0 Å². The zero-order chi connectivity index (χ0) is 22.7. The number of aromatic nitrogens is 2. The molecule has 0 radical (unpaired) electrons. The Morgan fingerprint density at radius 3 is 2.19 bits per heavy atom. The van der Waals surface area contributed by atoms with Crippen LogP contribution in [0.5, 0.6) is 11.5 Å². The Bertz CT molecular complexity index is 1160. The summed E-state index contributed by atoms with van der Waals surface area (Å²) in [6.45, 7) is 0.137. The number of ketones is 1. The molecule has 4 rings (SSSR count). The van der Waals surface area contributed by atoms with Crippen LogP contribution in [0.1, 0.15) is 22.7 Å². The number of hydrogen-bond donors (Lipinski definition) is 1. The van der Waals surface area contributed by atoms with Crippen LogP contribution in [0.25, 0.3) is 5.76 Å². The molecule has 1 unspecified atom stereocenters. The Kier molecular flexibility index (Phi) is 5.85. The molecule has 8 nitrogen and oxygen atoms in total. The van der Waals surface area contributed by atoms with Gasteiger partial charge in [0.1, 0.15) is 22.8 Å². The molecule has 1 aromatic carbocycles. The minimum absolute atomic E-state index is 0.0605. The van der Waals surface area contributed by atoms with Crippen molar-refractivity contribution in [2.75, 3.05) is 14.2 Å². The number of pyridine rings is 2. The van der Waals surface area contributed by atoms with Crippen LogP contribution in [0, 0.1) is 0 Å². The molecule has 32 heavy (non-hydrogen) atoms. The predicted octanol–water partition coefficient (Wildman–Crippen LogP) is 3.12. The predicted molar refractivity (Wildman–Crippen MR) is 116 cm³/mol. The van der Waals surface area contributed by atoms with E-state index in [2.05, 4.69) is 9.97 Å². The summed E-state index contributed by atoms with van der Waals surface area (Å²) in [5.41, 5.74) is 1.48. The van der Waals surface area contributed by atoms with E-state index >= 15 is 0 Å². The van der Waals surface area contributed by atoms with E-state index < -0.39 is 17.7 Å². The van der Waals surface area contributed by atoms with Gasteiger partial charge in [-0.15, -0.1) is 0 Å². The maximum Gasteiger partial charge on any atom is 0.295 e. The highest BCUT2D eigenvalue weighted by Crippen LogP contribution is 2.43. The Labute approximate surface area is 184 Å². The quantitative estimate of drug-likeness (QED) is 0.363. The second-order valence-corrected chi connectivity index (χ2v) is 7.11. The molecule has 0 spiro atoms. The fraction of sp³-hybridized carbons (Fsp3) is 0.167. The minimum Gasteiger partial charge on any atom is -0.506 e. The van der Waals surface area contributed by atoms with Gasteiger partial charge in [-0.1, -0.05) is 18.2 Å². The number of ether oxygens (including phenoxy) is 2. The van der Waals surface area contributed by atoms with E-state index in [-0.39, 0.29) is 23.4 Å². The standard InChI is InChI=1S/C24H21N3O5/c1-31-17-8-3-9-18(32-2)19(17)22(28)20-21(16-7-5-11-26-13-16)27(24(30)23(20)29)14-15-6-4-10-25-12-15/h3-13,21,28H,14H2,1-2H3/b22-20+. The van der Waals surface area contributed by atoms with Crippen molar-refractivity contribution in [1.29, 1.82) is 0 Å². The van der Waals surface area contributed by atoms with Crippen LogP contribution in [0.4, 0.5) is 0 Å². The first kappa shape index (κ1) is 21.0. The number of aliphatic hydroxyl groups is 1. The fourth-order valence-corrected chi connectivity index (χ4v) is 3.83. The van der Waals surface area contributed by atoms with Crippen molar-refractivity contribution in [2.45, 2.75) is 12.6 Å². The van der Waals surface area contributed by atoms with Crippen molar-refractivity contribution < 1.29 is 24.2 Å². The summed E-state index contributed by atoms with van der Waals surface area (Å²) in [7, 11) is 2.90. The molecule has 3 aromatic rings. The highest BCUT2D eigenvalue weighted by atomic mass is 16.5. The van der Waals surface area contributed by atoms with Gasteiger partial charge in [0, 0.05) is 31.3 Å². The van der Waals surface area contributed by atoms with Crippen LogP contribution < -0.4 is 9.47 Å². The number of hydrogen-bond acceptors (Lipinski definition) is 7. The number of nitrogens with zero attached hydrogens (tertiary/aromatic N) is 3. The van der Waals surface area contributed by atoms with Crippen LogP contribution in [0.2, 0.25) is 0 Å². The van der Waals surface area contributed by atoms with Crippen molar-refractivity contribution in [3.05, 3.63) is 89.5 Å². The van der Waals surface area contributed by atoms with Crippen LogP contribution in [-0.2, 0) is 16.1 Å². The molecular formula is C24H21N3O5. The summed E-state index contributed by atoms with van der Waals surface area (Å²) >= 11 is 0. The molecule has 1 atom stereocenters. The number of methoxy groups -OCH3 is 2. The SMILES string of the molecule is COc1cccc(OC)c1/C(O)=C1\C(=O)C(=O)N(Cc2cccnc2)C1c1cccnc1. The first-order valence-electron chi connectivity index (χ1n) is 9.85. The third-order valence-electron chi connectivity index (χ3n) is 5.28. The van der Waals surface area contributed by atoms with E-state index in [0.717, 1.165) is 5.56 Å². The van der Waals surface area contributed by atoms with Crippen molar-refractivity contribution >= 4 is 17.4 Å². The first-order chi connectivity index (χ1) is 15.6. The van der Waals surface area contributed by atoms with Crippen LogP contribution >= 0.6 is 0 Å². The maximum absolute atomic E-state index is 13.2. The van der Waals surface area contributed by atoms with Gasteiger partial charge in [-0.3, -0.25) is 19.6 Å². The summed E-state index contributed by atoms with van der Waals surface area (Å²) in [6, 6.07) is 11.2. The Hall–Kier alpha value is -4.20. The van der Waals surface area contributed by atoms with E-state index in [0.29, 0.717) is 17.1 Å². The van der Waals surface area contributed by atoms with Crippen molar-refractivity contribution in [2.24, 2.45) is 0 Å². The van der Waals surface area contributed by atoms with Gasteiger partial charge in [-0.25, -0.2) is 0 Å². The minimum atomic E-state index is -0.849. The number of Topliss-reactive ketones (excluding diaryl/α,β-unsaturated/α-hetero) is 1. The van der Waals surface area contributed by atoms with Gasteiger partial charge in [0.15, 0.2) is 0 Å². The fourth-order valence-electron chi connectivity index (χ4n) is 3.83. The van der Waals surface area contributed by atoms with E-state index in [4.69, 9.17) is 9.47 Å². The molecule has 1 N–H and O–H groups in total. The second-order valence-electron chi connectivity index (χ2n) is 7.11. The molecule has 0 saturated carbocycles. The van der Waals surface area contributed by atoms with Crippen molar-refractivity contribution in [1.82, 2.24) is 14.9 Å². The lowest BCUT2D eigenvalue weighted by molar-refractivity contribution is -0.140. The average molecular weight is 431 g/mol. The number of likely N-dealkylation sites (tertiary alicyclic amines) is 1. The lowest BCUT2D eigenvalue weighted by atomic mass is 9.95. The lowest BCUT2D eigenvalue weighted by Gasteiger charge is -2.25. The number of rotatable bonds is 6. The molecule has 1 aliphatic rings. The van der Waals surface area contributed by atoms with Crippen LogP contribution in [0.15, 0.2) is 72.8 Å². The summed E-state index contributed by atoms with van der Waals surface area (Å²) in [5.74, 6) is -1.28. The Morgan fingerprint density at radius 2 is 1.62 bits per heavy atom. The molecule has 1 fully saturated rings. The largest absolute Gasteiger partial charge is 0.506 e. The normalized spacial score (nSPS) is 17.4. The van der Waals surface area contributed by atoms with Gasteiger partial charge in [0.05, 0.1) is 25.8 Å². The molecule has 162 valence electrons. The van der Waals surface area contributed by atoms with E-state index in [9.17, 15) is 14.7 Å². The zero-order valence-electron chi connectivity index (χ0n) is 17.6. The molecule has 2 aromatic heterocycles. The van der Waals surface area contributed by atoms with E-state index in [1.54, 1.807) is 61.2 Å². The summed E-state index contributed by atoms with van der Waals surface area (Å²) in [6.07, 6.45) is 6.42. The molecule has 3 heterocycles. The van der Waals surface area contributed by atoms with Crippen LogP contribution in [-0.4, -0.2) is 45.9 Å². The molecule has 0 bridgehead atoms. The zero-order valence-corrected chi connectivity index (χ0v) is 17.6. The molecule has 8 heteroatoms. The number of carbonyl (C=O) groups excluding carboxylic acids is 2. The average Bonchev–Trinajstić information content (AvgIpc) is 3.09. The number of amides is 1. The second kappa shape index (κ2) is 8.89. The highest BCUT2D eigenvalue weighted by Gasteiger charge is 2.46. The summed E-state index contributed by atoms with van der Waals surface area (Å²) in [4.78, 5) is 35.9. The van der Waals surface area contributed by atoms with E-state index in [1.165, 1.54) is 19.1 Å². The Balaban J connectivity index is 1.92. The number of aliphatic hydroxyl groups excluding tert-OH is 1. The molecule has 0 aliphatic carbocycles. The summed E-state index contributed by atoms with van der Waals surface area (Å²) in [5, 5.41) is 11.3. The van der Waals surface area contributed by atoms with E-state index in [1.807, 2.05) is 6.07 Å². The van der Waals surface area contributed by atoms with Gasteiger partial charge in [0.25, 0.3) is 11.7 Å². The lowest BCUT2D eigenvalue weighted by Crippen LogP contribution is -2.29. The maximum atomic E-state index is 13.2. The van der Waals surface area contributed by atoms with Gasteiger partial charge >= 0.3 is 0 Å². The molecule has 1 amide bonds. The Morgan fingerprint density at radius 1 is 0.969 bits per heavy atom. The third kappa shape index (κ3) is 3.66. The van der Waals surface area contributed by atoms with Crippen molar-refractivity contribution in [3.63, 3.8) is 0 Å². The van der Waals surface area contributed by atoms with Gasteiger partial charge in [-0.05, 0) is 35.4 Å². The first-order valence-corrected chi connectivity index (χ1v) is 9.85. The van der Waals surface area contributed by atoms with Gasteiger partial charge < -0.3 is 19.5 Å². The molecule has 1 saturated heterocycles. The van der Waals surface area contributed by atoms with Crippen LogP contribution in [0.3, 0.4) is 0 Å². The number of benzene rings is 1. The third-order valence-corrected chi connectivity index (χ3v) is 5.28. The topological polar surface area (TPSA) is 102 Å². The smallest absolute Gasteiger partial charge is 0.295 e. The highest BCUT2D eigenvalue weighted by molar-refractivity contribution is 6.46. The summed E-state index contributed by atoms with van der Waals surface area (Å²) < 4.78 is 10.8.